The number of hydrogen-bond acceptors (Lipinski definition) is 3. The normalized spacial score (nSPS) is 11.0. The van der Waals surface area contributed by atoms with Crippen molar-refractivity contribution in [2.24, 2.45) is 0 Å². The Kier molecular flexibility index (Phi) is 8.38. The highest BCUT2D eigenvalue weighted by molar-refractivity contribution is 14.1. The molecule has 0 saturated heterocycles. The first-order valence-corrected chi connectivity index (χ1v) is 11.5. The number of amides is 1. The number of carbonyl (C=O) groups is 1. The van der Waals surface area contributed by atoms with E-state index in [9.17, 15) is 10.1 Å². The molecule has 0 aliphatic carbocycles. The Hall–Kier alpha value is -2.05. The third kappa shape index (κ3) is 6.71. The van der Waals surface area contributed by atoms with Crippen molar-refractivity contribution in [1.82, 2.24) is 0 Å². The maximum Gasteiger partial charge on any atom is 0.266 e. The number of nitrogens with zero attached hydrogens (tertiary/aromatic N) is 1. The lowest BCUT2D eigenvalue weighted by molar-refractivity contribution is -0.112. The predicted octanol–water partition coefficient (Wildman–Crippen LogP) is 7.49. The van der Waals surface area contributed by atoms with Crippen LogP contribution in [0.15, 0.2) is 70.7 Å². The van der Waals surface area contributed by atoms with Crippen molar-refractivity contribution in [3.63, 3.8) is 0 Å². The molecule has 0 saturated carbocycles. The fourth-order valence-electron chi connectivity index (χ4n) is 2.58. The van der Waals surface area contributed by atoms with Gasteiger partial charge in [0.15, 0.2) is 0 Å². The topological polar surface area (TPSA) is 62.1 Å². The highest BCUT2D eigenvalue weighted by atomic mass is 127. The molecule has 31 heavy (non-hydrogen) atoms. The van der Waals surface area contributed by atoms with Crippen LogP contribution in [0.5, 0.6) is 5.75 Å². The van der Waals surface area contributed by atoms with Gasteiger partial charge >= 0.3 is 0 Å². The lowest BCUT2D eigenvalue weighted by Crippen LogP contribution is -2.13. The zero-order valence-corrected chi connectivity index (χ0v) is 21.1. The quantitative estimate of drug-likeness (QED) is 0.175. The van der Waals surface area contributed by atoms with E-state index in [0.29, 0.717) is 33.7 Å². The number of halogens is 4. The number of nitriles is 1. The molecule has 0 aliphatic heterocycles. The number of carbonyl (C=O) groups excluding carboxylic acids is 1. The van der Waals surface area contributed by atoms with Crippen molar-refractivity contribution >= 4 is 79.4 Å². The van der Waals surface area contributed by atoms with Gasteiger partial charge in [0.1, 0.15) is 24.0 Å². The highest BCUT2D eigenvalue weighted by Gasteiger charge is 2.13. The highest BCUT2D eigenvalue weighted by Crippen LogP contribution is 2.28. The van der Waals surface area contributed by atoms with Gasteiger partial charge in [-0.05, 0) is 82.8 Å². The Morgan fingerprint density at radius 1 is 1.10 bits per heavy atom. The van der Waals surface area contributed by atoms with Gasteiger partial charge in [-0.2, -0.15) is 5.26 Å². The maximum absolute atomic E-state index is 12.6. The number of anilines is 1. The molecule has 3 rings (SSSR count). The van der Waals surface area contributed by atoms with Crippen LogP contribution in [0, 0.1) is 14.9 Å². The molecule has 0 spiro atoms. The molecule has 0 bridgehead atoms. The first-order chi connectivity index (χ1) is 14.9. The predicted molar refractivity (Wildman–Crippen MR) is 136 cm³/mol. The Morgan fingerprint density at radius 3 is 2.52 bits per heavy atom. The minimum Gasteiger partial charge on any atom is -0.488 e. The van der Waals surface area contributed by atoms with Crippen molar-refractivity contribution < 1.29 is 9.53 Å². The SMILES string of the molecule is N#C/C(=C\c1cc(Br)ccc1OCc1ccc(I)cc1)C(=O)Nc1ccc(Cl)c(Cl)c1. The molecule has 0 heterocycles. The van der Waals surface area contributed by atoms with Crippen LogP contribution >= 0.6 is 61.7 Å². The lowest BCUT2D eigenvalue weighted by Gasteiger charge is -2.11. The zero-order valence-electron chi connectivity index (χ0n) is 15.8. The molecule has 0 aliphatic rings. The van der Waals surface area contributed by atoms with Crippen LogP contribution in [0.25, 0.3) is 6.08 Å². The summed E-state index contributed by atoms with van der Waals surface area (Å²) in [7, 11) is 0. The number of hydrogen-bond donors (Lipinski definition) is 1. The van der Waals surface area contributed by atoms with E-state index < -0.39 is 5.91 Å². The number of ether oxygens (including phenoxy) is 1. The Morgan fingerprint density at radius 2 is 1.84 bits per heavy atom. The Balaban J connectivity index is 1.82. The first kappa shape index (κ1) is 23.6. The van der Waals surface area contributed by atoms with E-state index in [1.807, 2.05) is 36.4 Å². The van der Waals surface area contributed by atoms with Gasteiger partial charge < -0.3 is 10.1 Å². The molecule has 3 aromatic rings. The van der Waals surface area contributed by atoms with E-state index in [2.05, 4.69) is 43.8 Å². The summed E-state index contributed by atoms with van der Waals surface area (Å²) in [6.07, 6.45) is 1.49. The average molecular weight is 628 g/mol. The van der Waals surface area contributed by atoms with Crippen LogP contribution in [-0.4, -0.2) is 5.91 Å². The minimum absolute atomic E-state index is 0.0803. The summed E-state index contributed by atoms with van der Waals surface area (Å²) in [6.45, 7) is 0.358. The lowest BCUT2D eigenvalue weighted by atomic mass is 10.1. The number of benzene rings is 3. The minimum atomic E-state index is -0.565. The molecule has 0 aromatic heterocycles. The molecule has 4 nitrogen and oxygen atoms in total. The third-order valence-corrected chi connectivity index (χ3v) is 6.07. The summed E-state index contributed by atoms with van der Waals surface area (Å²) in [5, 5.41) is 12.9. The van der Waals surface area contributed by atoms with E-state index in [4.69, 9.17) is 27.9 Å². The van der Waals surface area contributed by atoms with Gasteiger partial charge in [-0.15, -0.1) is 0 Å². The fourth-order valence-corrected chi connectivity index (χ4v) is 3.62. The van der Waals surface area contributed by atoms with E-state index >= 15 is 0 Å². The van der Waals surface area contributed by atoms with Crippen molar-refractivity contribution in [3.8, 4) is 11.8 Å². The Labute approximate surface area is 212 Å². The molecule has 3 aromatic carbocycles. The first-order valence-electron chi connectivity index (χ1n) is 8.90. The molecular formula is C23H14BrCl2IN2O2. The molecule has 0 atom stereocenters. The van der Waals surface area contributed by atoms with Gasteiger partial charge in [-0.1, -0.05) is 51.3 Å². The van der Waals surface area contributed by atoms with Crippen LogP contribution in [0.4, 0.5) is 5.69 Å². The largest absolute Gasteiger partial charge is 0.488 e. The second kappa shape index (κ2) is 11.0. The van der Waals surface area contributed by atoms with Gasteiger partial charge in [-0.25, -0.2) is 0 Å². The summed E-state index contributed by atoms with van der Waals surface area (Å²) < 4.78 is 7.88. The van der Waals surface area contributed by atoms with Crippen LogP contribution in [0.3, 0.4) is 0 Å². The Bertz CT molecular complexity index is 1190. The van der Waals surface area contributed by atoms with Gasteiger partial charge in [0.05, 0.1) is 10.0 Å². The molecule has 0 radical (unpaired) electrons. The van der Waals surface area contributed by atoms with Crippen LogP contribution in [0.2, 0.25) is 10.0 Å². The maximum atomic E-state index is 12.6. The molecule has 0 unspecified atom stereocenters. The molecule has 8 heteroatoms. The van der Waals surface area contributed by atoms with Gasteiger partial charge in [0.25, 0.3) is 5.91 Å². The summed E-state index contributed by atoms with van der Waals surface area (Å²) in [5.74, 6) is -0.0127. The van der Waals surface area contributed by atoms with E-state index in [0.717, 1.165) is 13.6 Å². The summed E-state index contributed by atoms with van der Waals surface area (Å²) in [5.41, 5.74) is 1.96. The molecule has 156 valence electrons. The van der Waals surface area contributed by atoms with Crippen molar-refractivity contribution in [1.29, 1.82) is 5.26 Å². The zero-order chi connectivity index (χ0) is 22.4. The van der Waals surface area contributed by atoms with Crippen LogP contribution < -0.4 is 10.1 Å². The van der Waals surface area contributed by atoms with Crippen LogP contribution in [-0.2, 0) is 11.4 Å². The molecular weight excluding hydrogens is 614 g/mol. The standard InChI is InChI=1S/C23H14BrCl2IN2O2/c24-17-3-8-22(31-13-14-1-4-18(27)5-2-14)15(10-17)9-16(12-28)23(30)29-19-6-7-20(25)21(26)11-19/h1-11H,13H2,(H,29,30)/b16-9+. The van der Waals surface area contributed by atoms with Gasteiger partial charge in [0, 0.05) is 19.3 Å². The number of nitrogens with one attached hydrogen (secondary N) is 1. The van der Waals surface area contributed by atoms with Crippen molar-refractivity contribution in [3.05, 3.63) is 95.5 Å². The number of rotatable bonds is 6. The van der Waals surface area contributed by atoms with E-state index in [1.54, 1.807) is 24.3 Å². The summed E-state index contributed by atoms with van der Waals surface area (Å²) in [4.78, 5) is 12.6. The molecule has 0 fully saturated rings. The average Bonchev–Trinajstić information content (AvgIpc) is 2.75. The van der Waals surface area contributed by atoms with E-state index in [1.165, 1.54) is 12.1 Å². The molecule has 1 N–H and O–H groups in total. The fraction of sp³-hybridized carbons (Fsp3) is 0.0435. The van der Waals surface area contributed by atoms with Crippen molar-refractivity contribution in [2.75, 3.05) is 5.32 Å². The van der Waals surface area contributed by atoms with Crippen LogP contribution in [0.1, 0.15) is 11.1 Å². The third-order valence-electron chi connectivity index (χ3n) is 4.12. The summed E-state index contributed by atoms with van der Waals surface area (Å²) in [6, 6.07) is 20.0. The van der Waals surface area contributed by atoms with Crippen molar-refractivity contribution in [2.45, 2.75) is 6.61 Å². The molecule has 1 amide bonds. The second-order valence-corrected chi connectivity index (χ2v) is 9.33. The van der Waals surface area contributed by atoms with Gasteiger partial charge in [0.2, 0.25) is 0 Å². The smallest absolute Gasteiger partial charge is 0.266 e. The summed E-state index contributed by atoms with van der Waals surface area (Å²) >= 11 is 17.6. The van der Waals surface area contributed by atoms with E-state index in [-0.39, 0.29) is 5.57 Å². The second-order valence-electron chi connectivity index (χ2n) is 6.35. The van der Waals surface area contributed by atoms with Gasteiger partial charge in [-0.3, -0.25) is 4.79 Å². The monoisotopic (exact) mass is 626 g/mol.